The molecule has 0 aliphatic heterocycles. The molecule has 0 bridgehead atoms. The molecule has 0 aromatic rings. The molecule has 0 aromatic heterocycles. The zero-order chi connectivity index (χ0) is 95.3. The molecule has 0 spiro atoms. The topological polar surface area (TPSA) is 166 Å². The van der Waals surface area contributed by atoms with Crippen LogP contribution in [-0.2, 0) is 85.3 Å². The van der Waals surface area contributed by atoms with Crippen LogP contribution in [0.1, 0.15) is 397 Å². The van der Waals surface area contributed by atoms with Gasteiger partial charge in [-0.25, -0.2) is 0 Å². The lowest BCUT2D eigenvalue weighted by Gasteiger charge is -2.45. The zero-order valence-corrected chi connectivity index (χ0v) is 89.9. The second-order valence-corrected chi connectivity index (χ2v) is 47.7. The van der Waals surface area contributed by atoms with E-state index in [2.05, 4.69) is 69.2 Å². The molecule has 131 heavy (non-hydrogen) atoms. The molecule has 0 heterocycles. The fraction of sp³-hybridized carbons (Fsp3) is 1.00. The van der Waals surface area contributed by atoms with Crippen LogP contribution in [-0.4, -0.2) is 238 Å². The molecular formula is C113H214O18. The van der Waals surface area contributed by atoms with Crippen LogP contribution in [0.4, 0.5) is 0 Å². The molecular weight excluding hydrogens is 1650 g/mol. The molecule has 12 rings (SSSR count). The van der Waals surface area contributed by atoms with Crippen molar-refractivity contribution in [1.29, 1.82) is 0 Å². The summed E-state index contributed by atoms with van der Waals surface area (Å²) in [6.45, 7) is 36.4. The Morgan fingerprint density at radius 1 is 0.160 bits per heavy atom. The number of methoxy groups -OCH3 is 12. The second-order valence-electron chi connectivity index (χ2n) is 47.7. The first-order valence-corrected chi connectivity index (χ1v) is 54.6. The van der Waals surface area contributed by atoms with Crippen molar-refractivity contribution >= 4 is 0 Å². The van der Waals surface area contributed by atoms with Crippen molar-refractivity contribution in [2.75, 3.05) is 204 Å². The predicted octanol–water partition coefficient (Wildman–Crippen LogP) is 26.5. The Morgan fingerprint density at radius 2 is 0.298 bits per heavy atom. The van der Waals surface area contributed by atoms with Gasteiger partial charge in [0.25, 0.3) is 0 Å². The summed E-state index contributed by atoms with van der Waals surface area (Å²) >= 11 is 0. The highest BCUT2D eigenvalue weighted by Gasteiger charge is 2.51. The van der Waals surface area contributed by atoms with Crippen LogP contribution < -0.4 is 0 Å². The van der Waals surface area contributed by atoms with Gasteiger partial charge in [0.2, 0.25) is 0 Å². The van der Waals surface area contributed by atoms with Gasteiger partial charge in [-0.05, 0) is 283 Å². The van der Waals surface area contributed by atoms with Gasteiger partial charge < -0.3 is 85.3 Å². The molecule has 12 fully saturated rings. The van der Waals surface area contributed by atoms with Crippen LogP contribution in [0.5, 0.6) is 0 Å². The number of hydrogen-bond acceptors (Lipinski definition) is 18. The number of rotatable bonds is 52. The Hall–Kier alpha value is -0.720. The van der Waals surface area contributed by atoms with E-state index in [1.54, 1.807) is 28.4 Å². The van der Waals surface area contributed by atoms with Crippen LogP contribution in [0.15, 0.2) is 0 Å². The Labute approximate surface area is 807 Å². The molecule has 0 amide bonds. The van der Waals surface area contributed by atoms with E-state index < -0.39 is 0 Å². The van der Waals surface area contributed by atoms with E-state index in [-0.39, 0.29) is 66.1 Å². The number of hydrogen-bond donors (Lipinski definition) is 0. The molecule has 12 aliphatic carbocycles. The van der Waals surface area contributed by atoms with Crippen molar-refractivity contribution in [3.63, 3.8) is 0 Å². The SMILES string of the molecule is COCC(COC)(COC(C)(C)C1CC1)C1CCCC1.COCC(COC)(COC(C)(C)C1CCC1)C1CCCC1.COCC(COC)(COC(C)(C)C1CCCC1)C1CCCC1.COCC(COC)(COC(C)(C)C1CCCCC1)C1CCCC1.COCC(COC)(COC1(C)CCCCCC1)C1CCCC1.COCC(COC)(COC1(C)CCCCCCC1)C1CCCC1. The van der Waals surface area contributed by atoms with Gasteiger partial charge >= 0.3 is 0 Å². The maximum absolute atomic E-state index is 6.63. The lowest BCUT2D eigenvalue weighted by molar-refractivity contribution is -0.151. The predicted molar refractivity (Wildman–Crippen MR) is 536 cm³/mol. The minimum Gasteiger partial charge on any atom is -0.384 e. The number of ether oxygens (including phenoxy) is 18. The minimum absolute atomic E-state index is 0.00529. The van der Waals surface area contributed by atoms with Gasteiger partial charge in [0.05, 0.1) is 153 Å². The molecule has 12 aliphatic rings. The first kappa shape index (κ1) is 117. The van der Waals surface area contributed by atoms with Gasteiger partial charge in [0.15, 0.2) is 0 Å². The summed E-state index contributed by atoms with van der Waals surface area (Å²) in [6.07, 6.45) is 67.3. The van der Waals surface area contributed by atoms with Gasteiger partial charge in [-0.1, -0.05) is 173 Å². The highest BCUT2D eigenvalue weighted by molar-refractivity contribution is 5.00. The average molecular weight is 1860 g/mol. The largest absolute Gasteiger partial charge is 0.384 e. The van der Waals surface area contributed by atoms with E-state index in [0.717, 1.165) is 131 Å². The van der Waals surface area contributed by atoms with E-state index >= 15 is 0 Å². The van der Waals surface area contributed by atoms with E-state index in [1.165, 1.54) is 327 Å². The van der Waals surface area contributed by atoms with Crippen molar-refractivity contribution in [3.05, 3.63) is 0 Å². The summed E-state index contributed by atoms with van der Waals surface area (Å²) in [5.74, 6) is 6.93. The molecule has 12 saturated carbocycles. The Morgan fingerprint density at radius 3 is 0.458 bits per heavy atom. The molecule has 0 N–H and O–H groups in total. The van der Waals surface area contributed by atoms with Crippen molar-refractivity contribution < 1.29 is 85.3 Å². The van der Waals surface area contributed by atoms with E-state index in [0.29, 0.717) is 47.3 Å². The quantitative estimate of drug-likeness (QED) is 0.0527. The highest BCUT2D eigenvalue weighted by Crippen LogP contribution is 2.52. The molecule has 0 unspecified atom stereocenters. The average Bonchev–Trinajstić information content (AvgIpc) is 1.76. The van der Waals surface area contributed by atoms with E-state index in [9.17, 15) is 0 Å². The molecule has 0 atom stereocenters. The van der Waals surface area contributed by atoms with Crippen LogP contribution in [0.25, 0.3) is 0 Å². The second kappa shape index (κ2) is 60.0. The first-order valence-electron chi connectivity index (χ1n) is 54.6. The summed E-state index contributed by atoms with van der Waals surface area (Å²) in [5, 5.41) is 0. The molecule has 0 saturated heterocycles. The maximum atomic E-state index is 6.63. The highest BCUT2D eigenvalue weighted by atomic mass is 16.5. The van der Waals surface area contributed by atoms with Crippen molar-refractivity contribution in [2.24, 2.45) is 91.7 Å². The van der Waals surface area contributed by atoms with Gasteiger partial charge in [-0.15, -0.1) is 0 Å². The van der Waals surface area contributed by atoms with Crippen molar-refractivity contribution in [1.82, 2.24) is 0 Å². The van der Waals surface area contributed by atoms with Gasteiger partial charge in [0.1, 0.15) is 0 Å². The monoisotopic (exact) mass is 1860 g/mol. The fourth-order valence-corrected chi connectivity index (χ4v) is 26.7. The van der Waals surface area contributed by atoms with Crippen LogP contribution in [0, 0.1) is 91.7 Å². The molecule has 18 heteroatoms. The summed E-state index contributed by atoms with van der Waals surface area (Å²) in [4.78, 5) is 0. The Kier molecular flexibility index (Phi) is 53.7. The summed E-state index contributed by atoms with van der Waals surface area (Å²) in [7, 11) is 21.7. The smallest absolute Gasteiger partial charge is 0.0654 e. The van der Waals surface area contributed by atoms with Gasteiger partial charge in [-0.2, -0.15) is 0 Å². The van der Waals surface area contributed by atoms with Crippen molar-refractivity contribution in [2.45, 2.75) is 430 Å². The third-order valence-electron chi connectivity index (χ3n) is 36.0. The zero-order valence-electron chi connectivity index (χ0n) is 89.9. The third kappa shape index (κ3) is 36.9. The van der Waals surface area contributed by atoms with E-state index in [4.69, 9.17) is 85.3 Å². The van der Waals surface area contributed by atoms with Gasteiger partial charge in [-0.3, -0.25) is 0 Å². The van der Waals surface area contributed by atoms with Crippen LogP contribution in [0.2, 0.25) is 0 Å². The van der Waals surface area contributed by atoms with E-state index in [1.807, 2.05) is 56.9 Å². The lowest BCUT2D eigenvalue weighted by atomic mass is 9.73. The molecule has 0 radical (unpaired) electrons. The maximum Gasteiger partial charge on any atom is 0.0654 e. The first-order chi connectivity index (χ1) is 62.9. The minimum atomic E-state index is -0.0360. The fourth-order valence-electron chi connectivity index (χ4n) is 26.7. The Bertz CT molecular complexity index is 2710. The van der Waals surface area contributed by atoms with Crippen LogP contribution >= 0.6 is 0 Å². The van der Waals surface area contributed by atoms with Gasteiger partial charge in [0, 0.05) is 118 Å². The lowest BCUT2D eigenvalue weighted by Crippen LogP contribution is -2.47. The van der Waals surface area contributed by atoms with Crippen LogP contribution in [0.3, 0.4) is 0 Å². The summed E-state index contributed by atoms with van der Waals surface area (Å²) < 4.78 is 106. The standard InChI is InChI=1S/2C20H38O3.2C19H36O3.C18H34O3.C17H32O3/c1-19(2,17-10-6-5-7-11-17)23-16-20(14-21-3,15-22-4)18-12-8-9-13-18;1-19(13-9-5-4-6-10-14-19)23-17-20(15-21-2,16-22-3)18-11-7-8-12-18;1-18(2,16-9-5-6-10-16)22-15-19(13-20-3,14-21-4)17-11-7-8-12-17;1-18(12-8-4-5-9-13-18)22-16-19(14-20-2,15-21-3)17-10-6-7-11-17;1-17(2,15-10-7-11-15)21-14-18(12-19-3,13-20-4)16-8-5-6-9-16;1-16(2,14-9-10-14)20-13-17(11-18-3,12-19-4)15-7-5-6-8-15/h17-18H,5-16H2,1-4H3;18H,4-17H2,1-3H3;16-17H,5-15H2,1-4H3;17H,4-16H2,1-3H3;15-16H,5-14H2,1-4H3;14-15H,5-13H2,1-4H3. The Balaban J connectivity index is 0.000000215. The summed E-state index contributed by atoms with van der Waals surface area (Å²) in [5.41, 5.74) is 0.214. The molecule has 774 valence electrons. The summed E-state index contributed by atoms with van der Waals surface area (Å²) in [6, 6.07) is 0. The van der Waals surface area contributed by atoms with Crippen molar-refractivity contribution in [3.8, 4) is 0 Å². The molecule has 0 aromatic carbocycles. The normalized spacial score (nSPS) is 22.4. The molecule has 18 nitrogen and oxygen atoms in total. The third-order valence-corrected chi connectivity index (χ3v) is 36.0.